The summed E-state index contributed by atoms with van der Waals surface area (Å²) in [6, 6.07) is -0.520. The predicted octanol–water partition coefficient (Wildman–Crippen LogP) is 1.11. The second-order valence-corrected chi connectivity index (χ2v) is 8.80. The van der Waals surface area contributed by atoms with Gasteiger partial charge in [-0.3, -0.25) is 9.35 Å². The van der Waals surface area contributed by atoms with Gasteiger partial charge in [0.1, 0.15) is 0 Å². The Bertz CT molecular complexity index is 570. The van der Waals surface area contributed by atoms with E-state index in [4.69, 9.17) is 14.0 Å². The molecule has 1 fully saturated rings. The van der Waals surface area contributed by atoms with Gasteiger partial charge in [0.05, 0.1) is 5.75 Å². The van der Waals surface area contributed by atoms with Crippen LogP contribution in [0.3, 0.4) is 0 Å². The molecule has 1 saturated heterocycles. The van der Waals surface area contributed by atoms with Gasteiger partial charge >= 0.3 is 5.97 Å². The van der Waals surface area contributed by atoms with E-state index in [0.717, 1.165) is 0 Å². The van der Waals surface area contributed by atoms with Crippen LogP contribution in [0.15, 0.2) is 0 Å². The quantitative estimate of drug-likeness (QED) is 0.488. The Labute approximate surface area is 143 Å². The first-order valence-electron chi connectivity index (χ1n) is 7.90. The first-order chi connectivity index (χ1) is 10.8. The molecule has 1 amide bonds. The predicted molar refractivity (Wildman–Crippen MR) is 86.6 cm³/mol. The molecule has 0 radical (unpaired) electrons. The topological polar surface area (TPSA) is 119 Å². The van der Waals surface area contributed by atoms with Crippen LogP contribution in [0, 0.1) is 11.3 Å². The Morgan fingerprint density at radius 3 is 2.38 bits per heavy atom. The normalized spacial score (nSPS) is 23.2. The van der Waals surface area contributed by atoms with E-state index in [0.29, 0.717) is 6.42 Å². The number of nitrogens with one attached hydrogen (secondary N) is 1. The monoisotopic (exact) mass is 365 g/mol. The highest BCUT2D eigenvalue weighted by atomic mass is 32.2. The van der Waals surface area contributed by atoms with Crippen molar-refractivity contribution in [1.82, 2.24) is 5.32 Å². The van der Waals surface area contributed by atoms with Gasteiger partial charge in [0, 0.05) is 24.3 Å². The number of hydrogen-bond acceptors (Lipinski definition) is 6. The van der Waals surface area contributed by atoms with Gasteiger partial charge in [0.25, 0.3) is 10.1 Å². The highest BCUT2D eigenvalue weighted by Crippen LogP contribution is 2.36. The van der Waals surface area contributed by atoms with Crippen LogP contribution in [0.2, 0.25) is 0 Å². The molecule has 0 aromatic heterocycles. The lowest BCUT2D eigenvalue weighted by atomic mass is 9.79. The second kappa shape index (κ2) is 7.79. The number of carbonyl (C=O) groups is 2. The van der Waals surface area contributed by atoms with Crippen molar-refractivity contribution < 1.29 is 32.0 Å². The molecule has 2 N–H and O–H groups in total. The first kappa shape index (κ1) is 20.9. The zero-order valence-electron chi connectivity index (χ0n) is 14.7. The van der Waals surface area contributed by atoms with Crippen molar-refractivity contribution in [3.05, 3.63) is 0 Å². The SMILES string of the molecule is CC(=O)NC(CCS(=O)(=O)O)CC(C)(C)[C@H]1OC(C(C)C)OC1=O. The van der Waals surface area contributed by atoms with Crippen LogP contribution in [-0.4, -0.2) is 49.0 Å². The van der Waals surface area contributed by atoms with Crippen molar-refractivity contribution in [3.8, 4) is 0 Å². The summed E-state index contributed by atoms with van der Waals surface area (Å²) < 4.78 is 41.7. The van der Waals surface area contributed by atoms with E-state index in [-0.39, 0.29) is 18.2 Å². The fraction of sp³-hybridized carbons (Fsp3) is 0.867. The van der Waals surface area contributed by atoms with E-state index in [1.807, 2.05) is 13.8 Å². The van der Waals surface area contributed by atoms with Gasteiger partial charge in [0.2, 0.25) is 12.2 Å². The van der Waals surface area contributed by atoms with Crippen LogP contribution in [0.1, 0.15) is 47.5 Å². The third kappa shape index (κ3) is 6.37. The van der Waals surface area contributed by atoms with Gasteiger partial charge in [-0.05, 0) is 12.8 Å². The summed E-state index contributed by atoms with van der Waals surface area (Å²) in [5.41, 5.74) is -0.687. The Morgan fingerprint density at radius 1 is 1.38 bits per heavy atom. The lowest BCUT2D eigenvalue weighted by Crippen LogP contribution is -2.43. The summed E-state index contributed by atoms with van der Waals surface area (Å²) in [6.07, 6.45) is -1.07. The molecule has 0 saturated carbocycles. The molecule has 0 aromatic carbocycles. The summed E-state index contributed by atoms with van der Waals surface area (Å²) in [5, 5.41) is 2.66. The number of carbonyl (C=O) groups excluding carboxylic acids is 2. The molecule has 1 heterocycles. The highest BCUT2D eigenvalue weighted by Gasteiger charge is 2.47. The lowest BCUT2D eigenvalue weighted by Gasteiger charge is -2.32. The molecule has 0 bridgehead atoms. The Kier molecular flexibility index (Phi) is 6.77. The van der Waals surface area contributed by atoms with Crippen molar-refractivity contribution in [2.45, 2.75) is 65.9 Å². The number of esters is 1. The van der Waals surface area contributed by atoms with Gasteiger partial charge in [-0.25, -0.2) is 4.79 Å². The Balaban J connectivity index is 2.82. The van der Waals surface area contributed by atoms with Crippen LogP contribution in [0.4, 0.5) is 0 Å². The molecule has 24 heavy (non-hydrogen) atoms. The number of ether oxygens (including phenoxy) is 2. The van der Waals surface area contributed by atoms with Crippen molar-refractivity contribution in [1.29, 1.82) is 0 Å². The largest absolute Gasteiger partial charge is 0.434 e. The lowest BCUT2D eigenvalue weighted by molar-refractivity contribution is -0.146. The smallest absolute Gasteiger partial charge is 0.338 e. The molecule has 140 valence electrons. The van der Waals surface area contributed by atoms with Crippen molar-refractivity contribution in [2.24, 2.45) is 11.3 Å². The summed E-state index contributed by atoms with van der Waals surface area (Å²) in [7, 11) is -4.13. The van der Waals surface area contributed by atoms with Crippen LogP contribution in [0.5, 0.6) is 0 Å². The zero-order chi connectivity index (χ0) is 18.7. The number of hydrogen-bond donors (Lipinski definition) is 2. The average Bonchev–Trinajstić information content (AvgIpc) is 2.77. The maximum absolute atomic E-state index is 12.1. The standard InChI is InChI=1S/C15H27NO7S/c1-9(2)14-22-12(13(18)23-14)15(4,5)8-11(16-10(3)17)6-7-24(19,20)21/h9,11-12,14H,6-8H2,1-5H3,(H,16,17)(H,19,20,21)/t11?,12-,14?/m0/s1. The minimum atomic E-state index is -4.13. The number of amides is 1. The van der Waals surface area contributed by atoms with E-state index >= 15 is 0 Å². The zero-order valence-corrected chi connectivity index (χ0v) is 15.6. The highest BCUT2D eigenvalue weighted by molar-refractivity contribution is 7.85. The van der Waals surface area contributed by atoms with E-state index in [9.17, 15) is 18.0 Å². The molecule has 1 aliphatic rings. The first-order valence-corrected chi connectivity index (χ1v) is 9.51. The summed E-state index contributed by atoms with van der Waals surface area (Å²) >= 11 is 0. The second-order valence-electron chi connectivity index (χ2n) is 7.23. The molecular weight excluding hydrogens is 338 g/mol. The molecule has 1 rings (SSSR count). The summed E-state index contributed by atoms with van der Waals surface area (Å²) in [6.45, 7) is 8.66. The van der Waals surface area contributed by atoms with Crippen LogP contribution >= 0.6 is 0 Å². The molecule has 1 aliphatic heterocycles. The molecule has 0 aromatic rings. The van der Waals surface area contributed by atoms with Gasteiger partial charge in [-0.15, -0.1) is 0 Å². The molecule has 8 nitrogen and oxygen atoms in total. The van der Waals surface area contributed by atoms with Crippen LogP contribution in [0.25, 0.3) is 0 Å². The number of cyclic esters (lactones) is 1. The molecule has 2 unspecified atom stereocenters. The fourth-order valence-corrected chi connectivity index (χ4v) is 3.32. The number of rotatable bonds is 8. The minimum absolute atomic E-state index is 0.0143. The fourth-order valence-electron chi connectivity index (χ4n) is 2.74. The third-order valence-corrected chi connectivity index (χ3v) is 4.63. The van der Waals surface area contributed by atoms with Crippen LogP contribution in [-0.2, 0) is 29.2 Å². The molecule has 0 aliphatic carbocycles. The molecule has 9 heteroatoms. The van der Waals surface area contributed by atoms with Crippen LogP contribution < -0.4 is 5.32 Å². The maximum Gasteiger partial charge on any atom is 0.338 e. The van der Waals surface area contributed by atoms with Crippen molar-refractivity contribution >= 4 is 22.0 Å². The van der Waals surface area contributed by atoms with E-state index in [1.165, 1.54) is 6.92 Å². The van der Waals surface area contributed by atoms with E-state index < -0.39 is 45.7 Å². The Hall–Kier alpha value is -1.19. The minimum Gasteiger partial charge on any atom is -0.434 e. The van der Waals surface area contributed by atoms with Crippen molar-refractivity contribution in [2.75, 3.05) is 5.75 Å². The Morgan fingerprint density at radius 2 is 1.96 bits per heavy atom. The van der Waals surface area contributed by atoms with E-state index in [1.54, 1.807) is 13.8 Å². The summed E-state index contributed by atoms with van der Waals surface area (Å²) in [5.74, 6) is -1.24. The van der Waals surface area contributed by atoms with Crippen molar-refractivity contribution in [3.63, 3.8) is 0 Å². The summed E-state index contributed by atoms with van der Waals surface area (Å²) in [4.78, 5) is 23.4. The molecule has 3 atom stereocenters. The van der Waals surface area contributed by atoms with Gasteiger partial charge < -0.3 is 14.8 Å². The average molecular weight is 365 g/mol. The molecule has 0 spiro atoms. The maximum atomic E-state index is 12.1. The van der Waals surface area contributed by atoms with Gasteiger partial charge in [0.15, 0.2) is 6.10 Å². The van der Waals surface area contributed by atoms with Gasteiger partial charge in [-0.2, -0.15) is 8.42 Å². The third-order valence-electron chi connectivity index (χ3n) is 3.87. The van der Waals surface area contributed by atoms with Gasteiger partial charge in [-0.1, -0.05) is 27.7 Å². The molecular formula is C15H27NO7S. The van der Waals surface area contributed by atoms with E-state index in [2.05, 4.69) is 5.32 Å².